The Morgan fingerprint density at radius 1 is 0.931 bits per heavy atom. The third-order valence-corrected chi connectivity index (χ3v) is 4.05. The maximum atomic E-state index is 12.6. The zero-order chi connectivity index (χ0) is 20.8. The molecule has 8 nitrogen and oxygen atoms in total. The Morgan fingerprint density at radius 2 is 1.72 bits per heavy atom. The van der Waals surface area contributed by atoms with Crippen molar-refractivity contribution in [2.75, 3.05) is 24.9 Å². The molecule has 0 fully saturated rings. The summed E-state index contributed by atoms with van der Waals surface area (Å²) in [5, 5.41) is 5.76. The van der Waals surface area contributed by atoms with Crippen molar-refractivity contribution in [3.8, 4) is 11.5 Å². The first kappa shape index (κ1) is 19.8. The third kappa shape index (κ3) is 4.86. The van der Waals surface area contributed by atoms with E-state index in [4.69, 9.17) is 9.47 Å². The van der Waals surface area contributed by atoms with Gasteiger partial charge in [-0.1, -0.05) is 12.1 Å². The topological polar surface area (TPSA) is 102 Å². The maximum Gasteiger partial charge on any atom is 0.274 e. The molecule has 29 heavy (non-hydrogen) atoms. The van der Waals surface area contributed by atoms with Gasteiger partial charge in [-0.2, -0.15) is 0 Å². The highest BCUT2D eigenvalue weighted by Gasteiger charge is 2.12. The minimum atomic E-state index is -0.403. The van der Waals surface area contributed by atoms with Crippen molar-refractivity contribution in [2.45, 2.75) is 6.92 Å². The van der Waals surface area contributed by atoms with E-state index < -0.39 is 5.91 Å². The van der Waals surface area contributed by atoms with Crippen molar-refractivity contribution in [2.24, 2.45) is 0 Å². The number of methoxy groups -OCH3 is 2. The lowest BCUT2D eigenvalue weighted by Gasteiger charge is -2.11. The van der Waals surface area contributed by atoms with Gasteiger partial charge in [0.1, 0.15) is 5.69 Å². The summed E-state index contributed by atoms with van der Waals surface area (Å²) in [4.78, 5) is 32.5. The van der Waals surface area contributed by atoms with E-state index in [1.807, 2.05) is 0 Å². The molecule has 0 aliphatic heterocycles. The van der Waals surface area contributed by atoms with Gasteiger partial charge in [0, 0.05) is 29.2 Å². The Labute approximate surface area is 167 Å². The lowest BCUT2D eigenvalue weighted by molar-refractivity contribution is 0.101. The SMILES string of the molecule is COc1ccc(NC(=O)c2ccnc(Nc3cccc(C(C)=O)c3)n2)cc1OC. The van der Waals surface area contributed by atoms with E-state index in [1.54, 1.807) is 42.5 Å². The van der Waals surface area contributed by atoms with Crippen LogP contribution in [0.1, 0.15) is 27.8 Å². The van der Waals surface area contributed by atoms with Gasteiger partial charge in [-0.15, -0.1) is 0 Å². The quantitative estimate of drug-likeness (QED) is 0.591. The van der Waals surface area contributed by atoms with Crippen LogP contribution in [0.15, 0.2) is 54.7 Å². The molecular weight excluding hydrogens is 372 g/mol. The number of hydrogen-bond acceptors (Lipinski definition) is 7. The first-order valence-corrected chi connectivity index (χ1v) is 8.74. The number of hydrogen-bond donors (Lipinski definition) is 2. The molecule has 0 bridgehead atoms. The molecule has 2 aromatic carbocycles. The van der Waals surface area contributed by atoms with Gasteiger partial charge in [-0.05, 0) is 37.3 Å². The van der Waals surface area contributed by atoms with Crippen LogP contribution in [0, 0.1) is 0 Å². The molecule has 3 aromatic rings. The lowest BCUT2D eigenvalue weighted by atomic mass is 10.1. The molecule has 0 saturated heterocycles. The number of carbonyl (C=O) groups is 2. The molecule has 0 saturated carbocycles. The molecule has 0 radical (unpaired) electrons. The first-order valence-electron chi connectivity index (χ1n) is 8.74. The van der Waals surface area contributed by atoms with Gasteiger partial charge in [0.15, 0.2) is 17.3 Å². The fraction of sp³-hybridized carbons (Fsp3) is 0.143. The van der Waals surface area contributed by atoms with E-state index >= 15 is 0 Å². The number of ether oxygens (including phenoxy) is 2. The van der Waals surface area contributed by atoms with Crippen molar-refractivity contribution >= 4 is 29.0 Å². The van der Waals surface area contributed by atoms with E-state index in [9.17, 15) is 9.59 Å². The highest BCUT2D eigenvalue weighted by Crippen LogP contribution is 2.29. The summed E-state index contributed by atoms with van der Waals surface area (Å²) in [6.07, 6.45) is 1.48. The first-order chi connectivity index (χ1) is 14.0. The van der Waals surface area contributed by atoms with E-state index in [-0.39, 0.29) is 17.4 Å². The van der Waals surface area contributed by atoms with E-state index in [0.717, 1.165) is 0 Å². The number of nitrogens with one attached hydrogen (secondary N) is 2. The van der Waals surface area contributed by atoms with Crippen LogP contribution in [0.4, 0.5) is 17.3 Å². The van der Waals surface area contributed by atoms with Gasteiger partial charge in [-0.3, -0.25) is 9.59 Å². The average molecular weight is 392 g/mol. The van der Waals surface area contributed by atoms with Crippen LogP contribution >= 0.6 is 0 Å². The number of aromatic nitrogens is 2. The van der Waals surface area contributed by atoms with Crippen molar-refractivity contribution in [1.29, 1.82) is 0 Å². The number of Topliss-reactive ketones (excluding diaryl/α,β-unsaturated/α-hetero) is 1. The minimum absolute atomic E-state index is 0.0439. The molecule has 0 spiro atoms. The summed E-state index contributed by atoms with van der Waals surface area (Å²) >= 11 is 0. The Kier molecular flexibility index (Phi) is 6.03. The summed E-state index contributed by atoms with van der Waals surface area (Å²) in [6, 6.07) is 13.5. The zero-order valence-electron chi connectivity index (χ0n) is 16.2. The predicted octanol–water partition coefficient (Wildman–Crippen LogP) is 3.69. The lowest BCUT2D eigenvalue weighted by Crippen LogP contribution is -2.15. The van der Waals surface area contributed by atoms with Crippen molar-refractivity contribution < 1.29 is 19.1 Å². The Morgan fingerprint density at radius 3 is 2.45 bits per heavy atom. The highest BCUT2D eigenvalue weighted by atomic mass is 16.5. The number of ketones is 1. The smallest absolute Gasteiger partial charge is 0.274 e. The number of carbonyl (C=O) groups excluding carboxylic acids is 2. The summed E-state index contributed by atoms with van der Waals surface area (Å²) in [5.41, 5.74) is 1.93. The Hall–Kier alpha value is -3.94. The molecule has 148 valence electrons. The van der Waals surface area contributed by atoms with Crippen LogP contribution in [-0.4, -0.2) is 35.9 Å². The fourth-order valence-corrected chi connectivity index (χ4v) is 2.60. The molecule has 2 N–H and O–H groups in total. The van der Waals surface area contributed by atoms with Gasteiger partial charge in [-0.25, -0.2) is 9.97 Å². The van der Waals surface area contributed by atoms with E-state index in [2.05, 4.69) is 20.6 Å². The summed E-state index contributed by atoms with van der Waals surface area (Å²) in [6.45, 7) is 1.49. The number of rotatable bonds is 7. The standard InChI is InChI=1S/C21H20N4O4/c1-13(26)14-5-4-6-15(11-14)24-21-22-10-9-17(25-21)20(27)23-16-7-8-18(28-2)19(12-16)29-3/h4-12H,1-3H3,(H,23,27)(H,22,24,25). The van der Waals surface area contributed by atoms with Crippen LogP contribution in [0.5, 0.6) is 11.5 Å². The van der Waals surface area contributed by atoms with Crippen molar-refractivity contribution in [3.05, 3.63) is 66.0 Å². The molecule has 1 aromatic heterocycles. The molecule has 3 rings (SSSR count). The predicted molar refractivity (Wildman–Crippen MR) is 109 cm³/mol. The Bertz CT molecular complexity index is 1050. The molecule has 8 heteroatoms. The van der Waals surface area contributed by atoms with Crippen LogP contribution in [0.25, 0.3) is 0 Å². The molecular formula is C21H20N4O4. The van der Waals surface area contributed by atoms with E-state index in [1.165, 1.54) is 33.4 Å². The number of anilines is 3. The highest BCUT2D eigenvalue weighted by molar-refractivity contribution is 6.03. The number of benzene rings is 2. The Balaban J connectivity index is 1.76. The molecule has 0 unspecified atom stereocenters. The van der Waals surface area contributed by atoms with Crippen LogP contribution in [-0.2, 0) is 0 Å². The normalized spacial score (nSPS) is 10.2. The van der Waals surface area contributed by atoms with E-state index in [0.29, 0.717) is 28.4 Å². The van der Waals surface area contributed by atoms with Crippen LogP contribution in [0.2, 0.25) is 0 Å². The minimum Gasteiger partial charge on any atom is -0.493 e. The molecule has 0 aliphatic rings. The summed E-state index contributed by atoms with van der Waals surface area (Å²) in [7, 11) is 3.06. The average Bonchev–Trinajstić information content (AvgIpc) is 2.74. The van der Waals surface area contributed by atoms with Gasteiger partial charge in [0.05, 0.1) is 14.2 Å². The third-order valence-electron chi connectivity index (χ3n) is 4.05. The van der Waals surface area contributed by atoms with Crippen LogP contribution in [0.3, 0.4) is 0 Å². The monoisotopic (exact) mass is 392 g/mol. The summed E-state index contributed by atoms with van der Waals surface area (Å²) < 4.78 is 10.4. The van der Waals surface area contributed by atoms with Gasteiger partial charge < -0.3 is 20.1 Å². The van der Waals surface area contributed by atoms with Gasteiger partial charge in [0.2, 0.25) is 5.95 Å². The largest absolute Gasteiger partial charge is 0.493 e. The second-order valence-electron chi connectivity index (χ2n) is 6.05. The maximum absolute atomic E-state index is 12.6. The fourth-order valence-electron chi connectivity index (χ4n) is 2.60. The molecule has 1 heterocycles. The summed E-state index contributed by atoms with van der Waals surface area (Å²) in [5.74, 6) is 0.857. The molecule has 0 atom stereocenters. The van der Waals surface area contributed by atoms with Gasteiger partial charge >= 0.3 is 0 Å². The van der Waals surface area contributed by atoms with Crippen LogP contribution < -0.4 is 20.1 Å². The zero-order valence-corrected chi connectivity index (χ0v) is 16.2. The van der Waals surface area contributed by atoms with Crippen molar-refractivity contribution in [3.63, 3.8) is 0 Å². The number of nitrogens with zero attached hydrogens (tertiary/aromatic N) is 2. The van der Waals surface area contributed by atoms with Crippen molar-refractivity contribution in [1.82, 2.24) is 9.97 Å². The van der Waals surface area contributed by atoms with Gasteiger partial charge in [0.25, 0.3) is 5.91 Å². The molecule has 0 aliphatic carbocycles. The second-order valence-corrected chi connectivity index (χ2v) is 6.05. The molecule has 1 amide bonds. The number of amides is 1. The second kappa shape index (κ2) is 8.83.